The molecule has 0 unspecified atom stereocenters. The van der Waals surface area contributed by atoms with Gasteiger partial charge in [-0.15, -0.1) is 0 Å². The number of ether oxygens (including phenoxy) is 1. The lowest BCUT2D eigenvalue weighted by atomic mass is 10.1. The first-order valence-electron chi connectivity index (χ1n) is 7.85. The molecule has 2 heterocycles. The Morgan fingerprint density at radius 1 is 0.958 bits per heavy atom. The smallest absolute Gasteiger partial charge is 0.224 e. The van der Waals surface area contributed by atoms with Crippen LogP contribution in [0.5, 0.6) is 0 Å². The molecule has 4 nitrogen and oxygen atoms in total. The van der Waals surface area contributed by atoms with E-state index in [0.29, 0.717) is 13.2 Å². The van der Waals surface area contributed by atoms with E-state index in [2.05, 4.69) is 39.6 Å². The Kier molecular flexibility index (Phi) is 4.15. The summed E-state index contributed by atoms with van der Waals surface area (Å²) < 4.78 is 5.54. The molecule has 1 aromatic heterocycles. The molecule has 4 rings (SSSR count). The summed E-state index contributed by atoms with van der Waals surface area (Å²) in [6, 6.07) is 18.5. The molecule has 0 amide bonds. The van der Waals surface area contributed by atoms with E-state index in [4.69, 9.17) is 16.3 Å². The minimum absolute atomic E-state index is 0.261. The van der Waals surface area contributed by atoms with Crippen LogP contribution in [0.1, 0.15) is 11.3 Å². The van der Waals surface area contributed by atoms with E-state index in [9.17, 15) is 0 Å². The third-order valence-corrected chi connectivity index (χ3v) is 4.20. The van der Waals surface area contributed by atoms with E-state index < -0.39 is 0 Å². The van der Waals surface area contributed by atoms with Gasteiger partial charge in [0.15, 0.2) is 0 Å². The summed E-state index contributed by atoms with van der Waals surface area (Å²) in [6.07, 6.45) is 0.760. The van der Waals surface area contributed by atoms with Gasteiger partial charge in [0.05, 0.1) is 18.9 Å². The largest absolute Gasteiger partial charge is 0.376 e. The first-order valence-corrected chi connectivity index (χ1v) is 8.23. The van der Waals surface area contributed by atoms with Crippen molar-refractivity contribution in [1.82, 2.24) is 9.97 Å². The Hall–Kier alpha value is -2.43. The number of nitrogens with zero attached hydrogens (tertiary/aromatic N) is 2. The Bertz CT molecular complexity index is 868. The number of nitrogens with one attached hydrogen (secondary N) is 1. The van der Waals surface area contributed by atoms with Crippen LogP contribution in [0.2, 0.25) is 5.28 Å². The Morgan fingerprint density at radius 2 is 1.79 bits per heavy atom. The predicted octanol–water partition coefficient (Wildman–Crippen LogP) is 4.61. The monoisotopic (exact) mass is 337 g/mol. The molecule has 1 aliphatic rings. The molecule has 3 aromatic rings. The molecule has 0 atom stereocenters. The fraction of sp³-hybridized carbons (Fsp3) is 0.158. The van der Waals surface area contributed by atoms with Crippen LogP contribution < -0.4 is 5.32 Å². The minimum atomic E-state index is 0.261. The standard InChI is InChI=1S/C19H16ClN3O/c20-19-22-17-9-10-24-12-16(17)18(23-19)21-15-8-4-7-14(11-15)13-5-2-1-3-6-13/h1-8,11H,9-10,12H2,(H,21,22,23). The second-order valence-corrected chi connectivity index (χ2v) is 5.98. The highest BCUT2D eigenvalue weighted by Gasteiger charge is 2.18. The topological polar surface area (TPSA) is 47.0 Å². The van der Waals surface area contributed by atoms with Crippen molar-refractivity contribution in [1.29, 1.82) is 0 Å². The third-order valence-electron chi connectivity index (χ3n) is 4.03. The van der Waals surface area contributed by atoms with E-state index >= 15 is 0 Å². The van der Waals surface area contributed by atoms with Crippen molar-refractivity contribution in [2.45, 2.75) is 13.0 Å². The van der Waals surface area contributed by atoms with E-state index in [1.54, 1.807) is 0 Å². The zero-order chi connectivity index (χ0) is 16.4. The molecule has 0 saturated heterocycles. The molecular weight excluding hydrogens is 322 g/mol. The summed E-state index contributed by atoms with van der Waals surface area (Å²) >= 11 is 6.07. The number of halogens is 1. The van der Waals surface area contributed by atoms with Gasteiger partial charge in [-0.1, -0.05) is 42.5 Å². The number of benzene rings is 2. The molecule has 5 heteroatoms. The number of aromatic nitrogens is 2. The molecule has 0 spiro atoms. The van der Waals surface area contributed by atoms with Crippen LogP contribution >= 0.6 is 11.6 Å². The van der Waals surface area contributed by atoms with Gasteiger partial charge in [0.25, 0.3) is 0 Å². The van der Waals surface area contributed by atoms with Crippen molar-refractivity contribution in [3.8, 4) is 11.1 Å². The van der Waals surface area contributed by atoms with Gasteiger partial charge in [-0.25, -0.2) is 9.97 Å². The van der Waals surface area contributed by atoms with E-state index in [0.717, 1.165) is 34.7 Å². The molecule has 1 aliphatic heterocycles. The Balaban J connectivity index is 1.68. The van der Waals surface area contributed by atoms with Gasteiger partial charge in [-0.3, -0.25) is 0 Å². The predicted molar refractivity (Wildman–Crippen MR) is 95.6 cm³/mol. The van der Waals surface area contributed by atoms with E-state index in [-0.39, 0.29) is 5.28 Å². The summed E-state index contributed by atoms with van der Waals surface area (Å²) in [5.41, 5.74) is 5.22. The minimum Gasteiger partial charge on any atom is -0.376 e. The van der Waals surface area contributed by atoms with Crippen LogP contribution in [0.4, 0.5) is 11.5 Å². The van der Waals surface area contributed by atoms with Gasteiger partial charge >= 0.3 is 0 Å². The average Bonchev–Trinajstić information content (AvgIpc) is 2.62. The normalized spacial score (nSPS) is 13.4. The Morgan fingerprint density at radius 3 is 2.67 bits per heavy atom. The van der Waals surface area contributed by atoms with E-state index in [1.165, 1.54) is 5.56 Å². The van der Waals surface area contributed by atoms with Crippen LogP contribution in [-0.4, -0.2) is 16.6 Å². The lowest BCUT2D eigenvalue weighted by Gasteiger charge is -2.19. The maximum Gasteiger partial charge on any atom is 0.224 e. The SMILES string of the molecule is Clc1nc2c(c(Nc3cccc(-c4ccccc4)c3)n1)COCC2. The molecule has 120 valence electrons. The average molecular weight is 338 g/mol. The van der Waals surface area contributed by atoms with Gasteiger partial charge in [0.2, 0.25) is 5.28 Å². The number of hydrogen-bond acceptors (Lipinski definition) is 4. The summed E-state index contributed by atoms with van der Waals surface area (Å²) in [4.78, 5) is 8.66. The molecule has 0 fully saturated rings. The lowest BCUT2D eigenvalue weighted by molar-refractivity contribution is 0.109. The molecule has 0 saturated carbocycles. The maximum absolute atomic E-state index is 6.07. The maximum atomic E-state index is 6.07. The highest BCUT2D eigenvalue weighted by Crippen LogP contribution is 2.28. The zero-order valence-corrected chi connectivity index (χ0v) is 13.8. The van der Waals surface area contributed by atoms with E-state index in [1.807, 2.05) is 30.3 Å². The zero-order valence-electron chi connectivity index (χ0n) is 13.0. The molecule has 24 heavy (non-hydrogen) atoms. The van der Waals surface area contributed by atoms with Gasteiger partial charge < -0.3 is 10.1 Å². The molecule has 2 aromatic carbocycles. The number of fused-ring (bicyclic) bond motifs is 1. The second kappa shape index (κ2) is 6.59. The van der Waals surface area contributed by atoms with Gasteiger partial charge in [-0.2, -0.15) is 0 Å². The number of rotatable bonds is 3. The first kappa shape index (κ1) is 15.1. The lowest BCUT2D eigenvalue weighted by Crippen LogP contribution is -2.15. The summed E-state index contributed by atoms with van der Waals surface area (Å²) in [5, 5.41) is 3.63. The van der Waals surface area contributed by atoms with Gasteiger partial charge in [-0.05, 0) is 34.9 Å². The van der Waals surface area contributed by atoms with Crippen LogP contribution in [0.25, 0.3) is 11.1 Å². The van der Waals surface area contributed by atoms with Crippen molar-refractivity contribution < 1.29 is 4.74 Å². The highest BCUT2D eigenvalue weighted by atomic mass is 35.5. The third kappa shape index (κ3) is 3.11. The fourth-order valence-electron chi connectivity index (χ4n) is 2.85. The van der Waals surface area contributed by atoms with Crippen LogP contribution in [0, 0.1) is 0 Å². The van der Waals surface area contributed by atoms with Crippen molar-refractivity contribution in [2.24, 2.45) is 0 Å². The molecule has 0 bridgehead atoms. The first-order chi connectivity index (χ1) is 11.8. The van der Waals surface area contributed by atoms with Crippen LogP contribution in [0.3, 0.4) is 0 Å². The molecular formula is C19H16ClN3O. The summed E-state index contributed by atoms with van der Waals surface area (Å²) in [7, 11) is 0. The molecule has 0 aliphatic carbocycles. The van der Waals surface area contributed by atoms with Crippen LogP contribution in [0.15, 0.2) is 54.6 Å². The number of hydrogen-bond donors (Lipinski definition) is 1. The molecule has 1 N–H and O–H groups in total. The Labute approximate surface area is 145 Å². The van der Waals surface area contributed by atoms with Gasteiger partial charge in [0.1, 0.15) is 5.82 Å². The second-order valence-electron chi connectivity index (χ2n) is 5.64. The quantitative estimate of drug-likeness (QED) is 0.709. The van der Waals surface area contributed by atoms with Crippen molar-refractivity contribution in [3.05, 3.63) is 71.1 Å². The van der Waals surface area contributed by atoms with Crippen molar-refractivity contribution >= 4 is 23.1 Å². The van der Waals surface area contributed by atoms with Crippen molar-refractivity contribution in [3.63, 3.8) is 0 Å². The summed E-state index contributed by atoms with van der Waals surface area (Å²) in [5.74, 6) is 0.718. The molecule has 0 radical (unpaired) electrons. The van der Waals surface area contributed by atoms with Crippen molar-refractivity contribution in [2.75, 3.05) is 11.9 Å². The summed E-state index contributed by atoms with van der Waals surface area (Å²) in [6.45, 7) is 1.18. The highest BCUT2D eigenvalue weighted by molar-refractivity contribution is 6.28. The number of anilines is 2. The van der Waals surface area contributed by atoms with Crippen LogP contribution in [-0.2, 0) is 17.8 Å². The fourth-order valence-corrected chi connectivity index (χ4v) is 3.04. The van der Waals surface area contributed by atoms with Gasteiger partial charge in [0, 0.05) is 17.7 Å².